The number of thioether (sulfide) groups is 1. The summed E-state index contributed by atoms with van der Waals surface area (Å²) in [4.78, 5) is 20.4. The number of hydrogen-bond donors (Lipinski definition) is 1. The summed E-state index contributed by atoms with van der Waals surface area (Å²) in [7, 11) is 1.53. The first-order chi connectivity index (χ1) is 11.2. The van der Waals surface area contributed by atoms with Gasteiger partial charge in [0.25, 0.3) is 5.78 Å². The van der Waals surface area contributed by atoms with Crippen LogP contribution in [0.3, 0.4) is 0 Å². The molecular formula is C14H12ClN5O2S. The summed E-state index contributed by atoms with van der Waals surface area (Å²) in [6, 6.07) is 6.78. The van der Waals surface area contributed by atoms with Crippen LogP contribution >= 0.6 is 23.4 Å². The SMILES string of the molecule is COc1ccc(Cl)cc1NC(=O)CSc1nc2ncccn2n1. The molecule has 1 aromatic carbocycles. The standard InChI is InChI=1S/C14H12ClN5O2S/c1-22-11-4-3-9(15)7-10(11)17-12(21)8-23-14-18-13-16-5-2-6-20(13)19-14/h2-7H,8H2,1H3,(H,17,21). The lowest BCUT2D eigenvalue weighted by Gasteiger charge is -2.09. The van der Waals surface area contributed by atoms with Gasteiger partial charge in [0, 0.05) is 17.4 Å². The second-order valence-electron chi connectivity index (χ2n) is 4.44. The summed E-state index contributed by atoms with van der Waals surface area (Å²) < 4.78 is 6.74. The number of anilines is 1. The molecule has 3 aromatic rings. The summed E-state index contributed by atoms with van der Waals surface area (Å²) in [6.45, 7) is 0. The molecule has 118 valence electrons. The molecule has 2 heterocycles. The van der Waals surface area contributed by atoms with Crippen molar-refractivity contribution in [2.24, 2.45) is 0 Å². The lowest BCUT2D eigenvalue weighted by Crippen LogP contribution is -2.14. The van der Waals surface area contributed by atoms with Gasteiger partial charge in [-0.25, -0.2) is 9.50 Å². The average molecular weight is 350 g/mol. The maximum atomic E-state index is 12.1. The third-order valence-corrected chi connectivity index (χ3v) is 3.94. The normalized spacial score (nSPS) is 10.7. The van der Waals surface area contributed by atoms with Gasteiger partial charge in [-0.05, 0) is 24.3 Å². The Labute approximate surface area is 141 Å². The second kappa shape index (κ2) is 6.84. The van der Waals surface area contributed by atoms with Gasteiger partial charge in [0.2, 0.25) is 11.1 Å². The van der Waals surface area contributed by atoms with Gasteiger partial charge in [0.1, 0.15) is 5.75 Å². The van der Waals surface area contributed by atoms with Crippen LogP contribution in [0.2, 0.25) is 5.02 Å². The van der Waals surface area contributed by atoms with Gasteiger partial charge in [-0.1, -0.05) is 23.4 Å². The smallest absolute Gasteiger partial charge is 0.253 e. The molecule has 0 saturated carbocycles. The number of ether oxygens (including phenoxy) is 1. The van der Waals surface area contributed by atoms with Crippen LogP contribution in [-0.2, 0) is 4.79 Å². The zero-order valence-corrected chi connectivity index (χ0v) is 13.6. The highest BCUT2D eigenvalue weighted by molar-refractivity contribution is 7.99. The molecule has 0 radical (unpaired) electrons. The lowest BCUT2D eigenvalue weighted by atomic mass is 10.3. The molecule has 9 heteroatoms. The highest BCUT2D eigenvalue weighted by Gasteiger charge is 2.11. The van der Waals surface area contributed by atoms with Crippen LogP contribution in [-0.4, -0.2) is 38.4 Å². The number of halogens is 1. The Bertz CT molecular complexity index is 821. The maximum absolute atomic E-state index is 12.1. The van der Waals surface area contributed by atoms with Crippen LogP contribution < -0.4 is 10.1 Å². The van der Waals surface area contributed by atoms with Gasteiger partial charge >= 0.3 is 0 Å². The van der Waals surface area contributed by atoms with Crippen LogP contribution in [0.1, 0.15) is 0 Å². The minimum Gasteiger partial charge on any atom is -0.495 e. The third-order valence-electron chi connectivity index (χ3n) is 2.87. The van der Waals surface area contributed by atoms with Gasteiger partial charge in [-0.15, -0.1) is 5.10 Å². The Morgan fingerprint density at radius 3 is 3.13 bits per heavy atom. The fourth-order valence-corrected chi connectivity index (χ4v) is 2.67. The summed E-state index contributed by atoms with van der Waals surface area (Å²) in [5.74, 6) is 0.990. The maximum Gasteiger partial charge on any atom is 0.253 e. The predicted octanol–water partition coefficient (Wildman–Crippen LogP) is 2.52. The first-order valence-electron chi connectivity index (χ1n) is 6.59. The van der Waals surface area contributed by atoms with Crippen LogP contribution in [0.5, 0.6) is 5.75 Å². The fraction of sp³-hybridized carbons (Fsp3) is 0.143. The van der Waals surface area contributed by atoms with E-state index >= 15 is 0 Å². The molecule has 1 amide bonds. The first-order valence-corrected chi connectivity index (χ1v) is 7.95. The van der Waals surface area contributed by atoms with E-state index in [4.69, 9.17) is 16.3 Å². The van der Waals surface area contributed by atoms with Gasteiger partial charge in [0.15, 0.2) is 0 Å². The summed E-state index contributed by atoms with van der Waals surface area (Å²) in [5.41, 5.74) is 0.523. The molecule has 0 fully saturated rings. The van der Waals surface area contributed by atoms with Crippen LogP contribution in [0.25, 0.3) is 5.78 Å². The number of carbonyl (C=O) groups excluding carboxylic acids is 1. The van der Waals surface area contributed by atoms with Crippen LogP contribution in [0.4, 0.5) is 5.69 Å². The number of nitrogens with zero attached hydrogens (tertiary/aromatic N) is 4. The lowest BCUT2D eigenvalue weighted by molar-refractivity contribution is -0.113. The fourth-order valence-electron chi connectivity index (χ4n) is 1.87. The molecule has 3 rings (SSSR count). The number of methoxy groups -OCH3 is 1. The molecule has 0 atom stereocenters. The molecule has 0 aliphatic carbocycles. The number of rotatable bonds is 5. The van der Waals surface area contributed by atoms with E-state index in [9.17, 15) is 4.79 Å². The molecule has 2 aromatic heterocycles. The van der Waals surface area contributed by atoms with E-state index in [2.05, 4.69) is 20.4 Å². The minimum absolute atomic E-state index is 0.159. The van der Waals surface area contributed by atoms with Gasteiger partial charge < -0.3 is 10.1 Å². The Kier molecular flexibility index (Phi) is 4.63. The molecule has 7 nitrogen and oxygen atoms in total. The van der Waals surface area contributed by atoms with Crippen molar-refractivity contribution in [1.29, 1.82) is 0 Å². The van der Waals surface area contributed by atoms with Gasteiger partial charge in [-0.3, -0.25) is 4.79 Å². The van der Waals surface area contributed by atoms with Crippen molar-refractivity contribution < 1.29 is 9.53 Å². The highest BCUT2D eigenvalue weighted by atomic mass is 35.5. The van der Waals surface area contributed by atoms with E-state index in [1.165, 1.54) is 18.9 Å². The van der Waals surface area contributed by atoms with Crippen molar-refractivity contribution in [2.45, 2.75) is 5.16 Å². The molecule has 0 unspecified atom stereocenters. The van der Waals surface area contributed by atoms with Crippen LogP contribution in [0.15, 0.2) is 41.8 Å². The number of amides is 1. The molecule has 1 N–H and O–H groups in total. The van der Waals surface area contributed by atoms with E-state index in [1.54, 1.807) is 41.2 Å². The van der Waals surface area contributed by atoms with E-state index in [0.717, 1.165) is 0 Å². The zero-order valence-electron chi connectivity index (χ0n) is 12.1. The first kappa shape index (κ1) is 15.6. The molecule has 0 spiro atoms. The monoisotopic (exact) mass is 349 g/mol. The van der Waals surface area contributed by atoms with Crippen molar-refractivity contribution in [2.75, 3.05) is 18.2 Å². The Balaban J connectivity index is 1.64. The van der Waals surface area contributed by atoms with Crippen molar-refractivity contribution in [3.63, 3.8) is 0 Å². The molecule has 0 aliphatic heterocycles. The van der Waals surface area contributed by atoms with E-state index in [-0.39, 0.29) is 11.7 Å². The minimum atomic E-state index is -0.206. The summed E-state index contributed by atoms with van der Waals surface area (Å²) >= 11 is 7.16. The predicted molar refractivity (Wildman–Crippen MR) is 88.1 cm³/mol. The number of fused-ring (bicyclic) bond motifs is 1. The molecular weight excluding hydrogens is 338 g/mol. The summed E-state index contributed by atoms with van der Waals surface area (Å²) in [5, 5.41) is 7.98. The van der Waals surface area contributed by atoms with Crippen molar-refractivity contribution in [3.05, 3.63) is 41.7 Å². The van der Waals surface area contributed by atoms with E-state index in [1.807, 2.05) is 0 Å². The van der Waals surface area contributed by atoms with Crippen molar-refractivity contribution >= 4 is 40.7 Å². The number of hydrogen-bond acceptors (Lipinski definition) is 6. The van der Waals surface area contributed by atoms with E-state index < -0.39 is 0 Å². The topological polar surface area (TPSA) is 81.4 Å². The Morgan fingerprint density at radius 1 is 1.48 bits per heavy atom. The van der Waals surface area contributed by atoms with Crippen LogP contribution in [0, 0.1) is 0 Å². The number of nitrogens with one attached hydrogen (secondary N) is 1. The van der Waals surface area contributed by atoms with E-state index in [0.29, 0.717) is 27.4 Å². The zero-order chi connectivity index (χ0) is 16.2. The largest absolute Gasteiger partial charge is 0.495 e. The second-order valence-corrected chi connectivity index (χ2v) is 5.82. The third kappa shape index (κ3) is 3.72. The Morgan fingerprint density at radius 2 is 2.35 bits per heavy atom. The number of carbonyl (C=O) groups is 1. The molecule has 0 aliphatic rings. The summed E-state index contributed by atoms with van der Waals surface area (Å²) in [6.07, 6.45) is 3.38. The Hall–Kier alpha value is -2.32. The number of benzene rings is 1. The highest BCUT2D eigenvalue weighted by Crippen LogP contribution is 2.28. The average Bonchev–Trinajstić information content (AvgIpc) is 2.96. The molecule has 0 bridgehead atoms. The van der Waals surface area contributed by atoms with Crippen molar-refractivity contribution in [1.82, 2.24) is 19.6 Å². The van der Waals surface area contributed by atoms with Crippen molar-refractivity contribution in [3.8, 4) is 5.75 Å². The van der Waals surface area contributed by atoms with Gasteiger partial charge in [-0.2, -0.15) is 4.98 Å². The van der Waals surface area contributed by atoms with Gasteiger partial charge in [0.05, 0.1) is 18.6 Å². The quantitative estimate of drug-likeness (QED) is 0.713. The molecule has 0 saturated heterocycles. The molecule has 23 heavy (non-hydrogen) atoms. The number of aromatic nitrogens is 4.